The summed E-state index contributed by atoms with van der Waals surface area (Å²) in [6.45, 7) is 8.96. The molecule has 3 aromatic rings. The number of aliphatic hydroxyl groups excluding tert-OH is 1. The molecule has 8 heteroatoms. The largest absolute Gasteiger partial charge is 0.491 e. The first kappa shape index (κ1) is 25.9. The lowest BCUT2D eigenvalue weighted by molar-refractivity contribution is 0.114. The number of para-hydroxylation sites is 2. The quantitative estimate of drug-likeness (QED) is 0.155. The predicted molar refractivity (Wildman–Crippen MR) is 141 cm³/mol. The average molecular weight is 551 g/mol. The smallest absolute Gasteiger partial charge is 0.191 e. The first-order valence-corrected chi connectivity index (χ1v) is 10.9. The molecule has 0 radical (unpaired) electrons. The van der Waals surface area contributed by atoms with E-state index >= 15 is 0 Å². The van der Waals surface area contributed by atoms with Crippen molar-refractivity contribution in [3.63, 3.8) is 0 Å². The van der Waals surface area contributed by atoms with Crippen LogP contribution in [0.5, 0.6) is 5.75 Å². The van der Waals surface area contributed by atoms with Crippen LogP contribution in [0.25, 0.3) is 11.0 Å². The second-order valence-electron chi connectivity index (χ2n) is 7.58. The Morgan fingerprint density at radius 3 is 2.75 bits per heavy atom. The molecule has 0 spiro atoms. The summed E-state index contributed by atoms with van der Waals surface area (Å²) in [5, 5.41) is 16.8. The maximum absolute atomic E-state index is 10.2. The zero-order chi connectivity index (χ0) is 22.1. The van der Waals surface area contributed by atoms with Crippen molar-refractivity contribution in [1.29, 1.82) is 0 Å². The number of guanidine groups is 1. The molecule has 0 aliphatic carbocycles. The van der Waals surface area contributed by atoms with Crippen molar-refractivity contribution in [2.75, 3.05) is 26.2 Å². The third-order valence-electron chi connectivity index (χ3n) is 4.93. The van der Waals surface area contributed by atoms with Crippen molar-refractivity contribution in [3.8, 4) is 5.75 Å². The molecule has 0 fully saturated rings. The van der Waals surface area contributed by atoms with Gasteiger partial charge >= 0.3 is 0 Å². The Bertz CT molecular complexity index is 1000. The number of nitrogens with one attached hydrogen (secondary N) is 2. The topological polar surface area (TPSA) is 83.7 Å². The van der Waals surface area contributed by atoms with Crippen LogP contribution in [0.1, 0.15) is 24.7 Å². The van der Waals surface area contributed by atoms with Crippen molar-refractivity contribution in [1.82, 2.24) is 20.2 Å². The van der Waals surface area contributed by atoms with Crippen LogP contribution >= 0.6 is 24.0 Å². The molecule has 0 amide bonds. The van der Waals surface area contributed by atoms with E-state index in [0.29, 0.717) is 5.96 Å². The van der Waals surface area contributed by atoms with Crippen LogP contribution in [0.2, 0.25) is 0 Å². The lowest BCUT2D eigenvalue weighted by Crippen LogP contribution is -2.39. The maximum atomic E-state index is 10.2. The van der Waals surface area contributed by atoms with Gasteiger partial charge in [0, 0.05) is 19.6 Å². The number of halogens is 1. The van der Waals surface area contributed by atoms with Crippen molar-refractivity contribution >= 4 is 41.0 Å². The monoisotopic (exact) mass is 551 g/mol. The Balaban J connectivity index is 0.00000363. The molecular formula is C24H34IN5O2. The van der Waals surface area contributed by atoms with E-state index < -0.39 is 6.10 Å². The Morgan fingerprint density at radius 2 is 1.97 bits per heavy atom. The van der Waals surface area contributed by atoms with Crippen LogP contribution in [-0.2, 0) is 6.54 Å². The van der Waals surface area contributed by atoms with Gasteiger partial charge in [-0.2, -0.15) is 0 Å². The minimum atomic E-state index is -0.670. The zero-order valence-electron chi connectivity index (χ0n) is 19.0. The van der Waals surface area contributed by atoms with E-state index in [1.807, 2.05) is 63.2 Å². The summed E-state index contributed by atoms with van der Waals surface area (Å²) in [5.74, 6) is 2.48. The summed E-state index contributed by atoms with van der Waals surface area (Å²) >= 11 is 0. The normalized spacial score (nSPS) is 12.3. The molecule has 0 saturated carbocycles. The number of aromatic nitrogens is 2. The second kappa shape index (κ2) is 13.3. The van der Waals surface area contributed by atoms with Crippen LogP contribution in [0.15, 0.2) is 53.5 Å². The number of imidazole rings is 1. The van der Waals surface area contributed by atoms with Gasteiger partial charge in [0.2, 0.25) is 0 Å². The second-order valence-corrected chi connectivity index (χ2v) is 7.58. The van der Waals surface area contributed by atoms with Crippen molar-refractivity contribution in [2.45, 2.75) is 39.8 Å². The highest BCUT2D eigenvalue weighted by Gasteiger charge is 2.08. The molecule has 3 N–H and O–H groups in total. The standard InChI is InChI=1S/C24H33N5O2.HI/c1-4-25-24(27-16-20(30)17-31-21-10-7-9-18(2)15-21)26-13-8-14-29-19(3)28-22-11-5-6-12-23(22)29;/h5-7,9-12,15,20,30H,4,8,13-14,16-17H2,1-3H3,(H2,25,26,27);1H. The first-order chi connectivity index (χ1) is 15.1. The number of hydrogen-bond donors (Lipinski definition) is 3. The molecule has 1 aromatic heterocycles. The van der Waals surface area contributed by atoms with Crippen LogP contribution in [0.4, 0.5) is 0 Å². The number of rotatable bonds is 10. The van der Waals surface area contributed by atoms with Gasteiger partial charge in [0.15, 0.2) is 5.96 Å². The van der Waals surface area contributed by atoms with Gasteiger partial charge in [-0.3, -0.25) is 4.99 Å². The minimum Gasteiger partial charge on any atom is -0.491 e. The first-order valence-electron chi connectivity index (χ1n) is 10.9. The number of fused-ring (bicyclic) bond motifs is 1. The predicted octanol–water partition coefficient (Wildman–Crippen LogP) is 3.66. The fraction of sp³-hybridized carbons (Fsp3) is 0.417. The Morgan fingerprint density at radius 1 is 1.16 bits per heavy atom. The number of hydrogen-bond acceptors (Lipinski definition) is 4. The van der Waals surface area contributed by atoms with Gasteiger partial charge in [0.1, 0.15) is 24.3 Å². The summed E-state index contributed by atoms with van der Waals surface area (Å²) in [4.78, 5) is 9.11. The van der Waals surface area contributed by atoms with E-state index in [-0.39, 0.29) is 37.1 Å². The summed E-state index contributed by atoms with van der Waals surface area (Å²) in [7, 11) is 0. The SMILES string of the molecule is CCNC(=NCC(O)COc1cccc(C)c1)NCCCn1c(C)nc2ccccc21.I. The van der Waals surface area contributed by atoms with E-state index in [1.54, 1.807) is 0 Å². The van der Waals surface area contributed by atoms with Gasteiger partial charge in [-0.1, -0.05) is 24.3 Å². The number of aryl methyl sites for hydroxylation is 3. The molecule has 0 saturated heterocycles. The van der Waals surface area contributed by atoms with Gasteiger partial charge < -0.3 is 25.0 Å². The number of aliphatic imine (C=N–C) groups is 1. The number of benzene rings is 2. The van der Waals surface area contributed by atoms with E-state index in [9.17, 15) is 5.11 Å². The van der Waals surface area contributed by atoms with Crippen LogP contribution < -0.4 is 15.4 Å². The number of ether oxygens (including phenoxy) is 1. The van der Waals surface area contributed by atoms with Crippen molar-refractivity contribution in [3.05, 3.63) is 59.9 Å². The Labute approximate surface area is 207 Å². The molecule has 32 heavy (non-hydrogen) atoms. The van der Waals surface area contributed by atoms with Crippen molar-refractivity contribution in [2.24, 2.45) is 4.99 Å². The highest BCUT2D eigenvalue weighted by Crippen LogP contribution is 2.15. The fourth-order valence-electron chi connectivity index (χ4n) is 3.41. The fourth-order valence-corrected chi connectivity index (χ4v) is 3.41. The molecular weight excluding hydrogens is 517 g/mol. The molecule has 2 aromatic carbocycles. The third kappa shape index (κ3) is 7.67. The summed E-state index contributed by atoms with van der Waals surface area (Å²) in [5.41, 5.74) is 3.32. The van der Waals surface area contributed by atoms with Crippen LogP contribution in [0.3, 0.4) is 0 Å². The molecule has 7 nitrogen and oxygen atoms in total. The van der Waals surface area contributed by atoms with Gasteiger partial charge in [0.05, 0.1) is 17.6 Å². The highest BCUT2D eigenvalue weighted by molar-refractivity contribution is 14.0. The lowest BCUT2D eigenvalue weighted by atomic mass is 10.2. The van der Waals surface area contributed by atoms with Crippen molar-refractivity contribution < 1.29 is 9.84 Å². The van der Waals surface area contributed by atoms with Crippen LogP contribution in [0, 0.1) is 13.8 Å². The molecule has 1 heterocycles. The van der Waals surface area contributed by atoms with E-state index in [2.05, 4.69) is 31.2 Å². The molecule has 174 valence electrons. The molecule has 0 aliphatic rings. The summed E-state index contributed by atoms with van der Waals surface area (Å²) in [6, 6.07) is 16.0. The van der Waals surface area contributed by atoms with Gasteiger partial charge in [-0.15, -0.1) is 24.0 Å². The average Bonchev–Trinajstić information content (AvgIpc) is 3.08. The maximum Gasteiger partial charge on any atom is 0.191 e. The third-order valence-corrected chi connectivity index (χ3v) is 4.93. The molecule has 1 atom stereocenters. The van der Waals surface area contributed by atoms with Gasteiger partial charge in [0.25, 0.3) is 0 Å². The highest BCUT2D eigenvalue weighted by atomic mass is 127. The van der Waals surface area contributed by atoms with Gasteiger partial charge in [-0.25, -0.2) is 4.98 Å². The van der Waals surface area contributed by atoms with E-state index in [0.717, 1.165) is 54.2 Å². The molecule has 0 aliphatic heterocycles. The minimum absolute atomic E-state index is 0. The number of nitrogens with zero attached hydrogens (tertiary/aromatic N) is 3. The summed E-state index contributed by atoms with van der Waals surface area (Å²) < 4.78 is 7.90. The number of aliphatic hydroxyl groups is 1. The molecule has 3 rings (SSSR count). The Kier molecular flexibility index (Phi) is 10.8. The molecule has 0 bridgehead atoms. The van der Waals surface area contributed by atoms with E-state index in [4.69, 9.17) is 4.74 Å². The zero-order valence-corrected chi connectivity index (χ0v) is 21.4. The van der Waals surface area contributed by atoms with E-state index in [1.165, 1.54) is 0 Å². The Hall–Kier alpha value is -2.33. The van der Waals surface area contributed by atoms with Gasteiger partial charge in [-0.05, 0) is 57.0 Å². The van der Waals surface area contributed by atoms with Crippen LogP contribution in [-0.4, -0.2) is 53.0 Å². The summed E-state index contributed by atoms with van der Waals surface area (Å²) in [6.07, 6.45) is 0.265. The molecule has 1 unspecified atom stereocenters. The lowest BCUT2D eigenvalue weighted by Gasteiger charge is -2.14.